The SMILES string of the molecule is C1=COC1.COc1ccc(-c2cc(=O)c3c(O)cc(O)cc3o2)cc1. The van der Waals surface area contributed by atoms with E-state index < -0.39 is 0 Å². The van der Waals surface area contributed by atoms with Gasteiger partial charge in [-0.05, 0) is 30.3 Å². The zero-order valence-corrected chi connectivity index (χ0v) is 13.4. The number of fused-ring (bicyclic) bond motifs is 1. The average molecular weight is 340 g/mol. The summed E-state index contributed by atoms with van der Waals surface area (Å²) in [6, 6.07) is 10.7. The third-order valence-electron chi connectivity index (χ3n) is 3.55. The zero-order chi connectivity index (χ0) is 17.8. The fourth-order valence-electron chi connectivity index (χ4n) is 2.25. The van der Waals surface area contributed by atoms with Gasteiger partial charge in [-0.3, -0.25) is 4.79 Å². The summed E-state index contributed by atoms with van der Waals surface area (Å²) >= 11 is 0. The van der Waals surface area contributed by atoms with Crippen LogP contribution in [0, 0.1) is 0 Å². The van der Waals surface area contributed by atoms with Gasteiger partial charge in [0.25, 0.3) is 0 Å². The van der Waals surface area contributed by atoms with Gasteiger partial charge in [-0.15, -0.1) is 0 Å². The lowest BCUT2D eigenvalue weighted by Gasteiger charge is -2.06. The average Bonchev–Trinajstić information content (AvgIpc) is 2.52. The topological polar surface area (TPSA) is 89.1 Å². The van der Waals surface area contributed by atoms with E-state index in [1.807, 2.05) is 6.08 Å². The molecule has 128 valence electrons. The molecule has 2 N–H and O–H groups in total. The summed E-state index contributed by atoms with van der Waals surface area (Å²) in [4.78, 5) is 12.1. The molecule has 3 aromatic rings. The van der Waals surface area contributed by atoms with Crippen molar-refractivity contribution >= 4 is 11.0 Å². The molecule has 1 aromatic heterocycles. The number of phenols is 2. The van der Waals surface area contributed by atoms with Crippen LogP contribution in [-0.2, 0) is 4.74 Å². The molecule has 2 aromatic carbocycles. The van der Waals surface area contributed by atoms with Crippen molar-refractivity contribution < 1.29 is 24.1 Å². The molecule has 6 heteroatoms. The molecule has 0 unspecified atom stereocenters. The van der Waals surface area contributed by atoms with Crippen LogP contribution in [0.5, 0.6) is 17.2 Å². The second-order valence-corrected chi connectivity index (χ2v) is 5.25. The number of benzene rings is 2. The van der Waals surface area contributed by atoms with Crippen LogP contribution in [0.2, 0.25) is 0 Å². The molecule has 25 heavy (non-hydrogen) atoms. The summed E-state index contributed by atoms with van der Waals surface area (Å²) in [5.74, 6) is 0.562. The molecule has 0 bridgehead atoms. The van der Waals surface area contributed by atoms with Crippen LogP contribution in [-0.4, -0.2) is 23.9 Å². The number of phenolic OH excluding ortho intramolecular Hbond substituents is 2. The molecule has 4 rings (SSSR count). The summed E-state index contributed by atoms with van der Waals surface area (Å²) in [5, 5.41) is 19.3. The number of methoxy groups -OCH3 is 1. The predicted octanol–water partition coefficient (Wildman–Crippen LogP) is 3.41. The Morgan fingerprint density at radius 2 is 1.72 bits per heavy atom. The minimum Gasteiger partial charge on any atom is -0.508 e. The Kier molecular flexibility index (Phi) is 4.61. The van der Waals surface area contributed by atoms with Crippen LogP contribution in [0.4, 0.5) is 0 Å². The van der Waals surface area contributed by atoms with E-state index >= 15 is 0 Å². The Balaban J connectivity index is 0.000000401. The first-order chi connectivity index (χ1) is 12.1. The highest BCUT2D eigenvalue weighted by atomic mass is 16.5. The summed E-state index contributed by atoms with van der Waals surface area (Å²) in [6.07, 6.45) is 3.64. The minimum atomic E-state index is -0.375. The summed E-state index contributed by atoms with van der Waals surface area (Å²) in [7, 11) is 1.57. The maximum absolute atomic E-state index is 12.1. The number of hydrogen-bond donors (Lipinski definition) is 2. The number of aromatic hydroxyl groups is 2. The largest absolute Gasteiger partial charge is 0.508 e. The van der Waals surface area contributed by atoms with Crippen LogP contribution in [0.1, 0.15) is 0 Å². The number of rotatable bonds is 2. The second-order valence-electron chi connectivity index (χ2n) is 5.25. The maximum atomic E-state index is 12.1. The van der Waals surface area contributed by atoms with Gasteiger partial charge in [0, 0.05) is 23.8 Å². The van der Waals surface area contributed by atoms with Crippen molar-refractivity contribution in [2.45, 2.75) is 0 Å². The van der Waals surface area contributed by atoms with Crippen molar-refractivity contribution in [3.63, 3.8) is 0 Å². The van der Waals surface area contributed by atoms with Gasteiger partial charge in [-0.1, -0.05) is 0 Å². The van der Waals surface area contributed by atoms with Gasteiger partial charge >= 0.3 is 0 Å². The van der Waals surface area contributed by atoms with Crippen LogP contribution in [0.3, 0.4) is 0 Å². The quantitative estimate of drug-likeness (QED) is 0.743. The number of ether oxygens (including phenoxy) is 2. The summed E-state index contributed by atoms with van der Waals surface area (Å²) < 4.78 is 15.2. The molecule has 0 amide bonds. The van der Waals surface area contributed by atoms with Gasteiger partial charge in [0.15, 0.2) is 5.43 Å². The van der Waals surface area contributed by atoms with Crippen LogP contribution < -0.4 is 10.2 Å². The third kappa shape index (κ3) is 3.58. The highest BCUT2D eigenvalue weighted by molar-refractivity contribution is 5.85. The molecule has 0 aliphatic carbocycles. The lowest BCUT2D eigenvalue weighted by Crippen LogP contribution is -2.00. The zero-order valence-electron chi connectivity index (χ0n) is 13.4. The van der Waals surface area contributed by atoms with E-state index in [9.17, 15) is 15.0 Å². The molecule has 2 heterocycles. The van der Waals surface area contributed by atoms with Crippen molar-refractivity contribution in [1.29, 1.82) is 0 Å². The maximum Gasteiger partial charge on any atom is 0.197 e. The fourth-order valence-corrected chi connectivity index (χ4v) is 2.25. The standard InChI is InChI=1S/C16H12O5.C3H4O/c1-20-11-4-2-9(3-5-11)14-8-13(19)16-12(18)6-10(17)7-15(16)21-14;1-2-4-3-1/h2-8,17-18H,1H3;1-2H,3H2. The van der Waals surface area contributed by atoms with Crippen LogP contribution in [0.25, 0.3) is 22.3 Å². The Morgan fingerprint density at radius 1 is 1.08 bits per heavy atom. The molecule has 0 fully saturated rings. The highest BCUT2D eigenvalue weighted by Crippen LogP contribution is 2.30. The summed E-state index contributed by atoms with van der Waals surface area (Å²) in [6.45, 7) is 0.819. The van der Waals surface area contributed by atoms with Crippen molar-refractivity contribution in [2.24, 2.45) is 0 Å². The highest BCUT2D eigenvalue weighted by Gasteiger charge is 2.12. The van der Waals surface area contributed by atoms with Gasteiger partial charge < -0.3 is 24.1 Å². The third-order valence-corrected chi connectivity index (χ3v) is 3.55. The minimum absolute atomic E-state index is 0.0464. The molecule has 6 nitrogen and oxygen atoms in total. The second kappa shape index (κ2) is 7.00. The first kappa shape index (κ1) is 16.4. The van der Waals surface area contributed by atoms with Crippen molar-refractivity contribution in [3.05, 3.63) is 65.0 Å². The van der Waals surface area contributed by atoms with E-state index in [4.69, 9.17) is 9.15 Å². The fraction of sp³-hybridized carbons (Fsp3) is 0.105. The van der Waals surface area contributed by atoms with E-state index in [1.54, 1.807) is 37.6 Å². The molecular formula is C19H16O6. The van der Waals surface area contributed by atoms with E-state index in [1.165, 1.54) is 12.1 Å². The van der Waals surface area contributed by atoms with Crippen molar-refractivity contribution in [3.8, 4) is 28.6 Å². The lowest BCUT2D eigenvalue weighted by molar-refractivity contribution is 0.243. The molecule has 0 spiro atoms. The van der Waals surface area contributed by atoms with Crippen LogP contribution in [0.15, 0.2) is 64.0 Å². The normalized spacial score (nSPS) is 11.9. The Bertz CT molecular complexity index is 964. The van der Waals surface area contributed by atoms with E-state index in [-0.39, 0.29) is 27.9 Å². The van der Waals surface area contributed by atoms with Gasteiger partial charge in [-0.25, -0.2) is 0 Å². The van der Waals surface area contributed by atoms with E-state index in [2.05, 4.69) is 4.74 Å². The predicted molar refractivity (Wildman–Crippen MR) is 92.9 cm³/mol. The molecule has 0 atom stereocenters. The smallest absolute Gasteiger partial charge is 0.197 e. The van der Waals surface area contributed by atoms with Crippen LogP contribution >= 0.6 is 0 Å². The van der Waals surface area contributed by atoms with Crippen molar-refractivity contribution in [1.82, 2.24) is 0 Å². The molecule has 1 aliphatic rings. The number of hydrogen-bond acceptors (Lipinski definition) is 6. The molecule has 0 radical (unpaired) electrons. The molecular weight excluding hydrogens is 324 g/mol. The van der Waals surface area contributed by atoms with Gasteiger partial charge in [0.05, 0.1) is 13.4 Å². The molecule has 0 saturated heterocycles. The Morgan fingerprint density at radius 3 is 2.28 bits per heavy atom. The van der Waals surface area contributed by atoms with Gasteiger partial charge in [0.1, 0.15) is 40.6 Å². The molecule has 0 saturated carbocycles. The van der Waals surface area contributed by atoms with Crippen molar-refractivity contribution in [2.75, 3.05) is 13.7 Å². The monoisotopic (exact) mass is 340 g/mol. The summed E-state index contributed by atoms with van der Waals surface area (Å²) in [5.41, 5.74) is 0.447. The van der Waals surface area contributed by atoms with Gasteiger partial charge in [-0.2, -0.15) is 0 Å². The van der Waals surface area contributed by atoms with E-state index in [0.29, 0.717) is 17.1 Å². The Labute approximate surface area is 143 Å². The van der Waals surface area contributed by atoms with Gasteiger partial charge in [0.2, 0.25) is 0 Å². The lowest BCUT2D eigenvalue weighted by atomic mass is 10.1. The first-order valence-corrected chi connectivity index (χ1v) is 7.49. The molecule has 1 aliphatic heterocycles. The van der Waals surface area contributed by atoms with E-state index in [0.717, 1.165) is 12.7 Å². The first-order valence-electron chi connectivity index (χ1n) is 7.49. The Hall–Kier alpha value is -3.41.